The van der Waals surface area contributed by atoms with Crippen LogP contribution in [0, 0.1) is 17.9 Å². The van der Waals surface area contributed by atoms with Crippen LogP contribution in [0.5, 0.6) is 0 Å². The van der Waals surface area contributed by atoms with Crippen LogP contribution in [0.1, 0.15) is 47.3 Å². The van der Waals surface area contributed by atoms with Gasteiger partial charge in [-0.25, -0.2) is 15.0 Å². The summed E-state index contributed by atoms with van der Waals surface area (Å²) in [6, 6.07) is 11.7. The summed E-state index contributed by atoms with van der Waals surface area (Å²) in [5.41, 5.74) is 1.11. The molecule has 0 unspecified atom stereocenters. The maximum atomic E-state index is 12.9. The molecule has 11 nitrogen and oxygen atoms in total. The topological polar surface area (TPSA) is 137 Å². The van der Waals surface area contributed by atoms with E-state index < -0.39 is 20.1 Å². The van der Waals surface area contributed by atoms with Gasteiger partial charge in [0.2, 0.25) is 0 Å². The quantitative estimate of drug-likeness (QED) is 0.221. The van der Waals surface area contributed by atoms with Crippen LogP contribution >= 0.6 is 0 Å². The summed E-state index contributed by atoms with van der Waals surface area (Å²) < 4.78 is 6.19. The Morgan fingerprint density at radius 3 is 2.15 bits per heavy atom. The fourth-order valence-electron chi connectivity index (χ4n) is 3.13. The number of anilines is 3. The first kappa shape index (κ1) is 28.9. The lowest BCUT2D eigenvalue weighted by Gasteiger charge is -2.36. The minimum atomic E-state index is -1.92. The second kappa shape index (κ2) is 12.3. The van der Waals surface area contributed by atoms with Crippen molar-refractivity contribution in [2.24, 2.45) is 0 Å². The highest BCUT2D eigenvalue weighted by Crippen LogP contribution is 2.36. The van der Waals surface area contributed by atoms with Gasteiger partial charge in [0.05, 0.1) is 12.2 Å². The lowest BCUT2D eigenvalue weighted by atomic mass is 10.2. The molecule has 0 radical (unpaired) electrons. The second-order valence-corrected chi connectivity index (χ2v) is 14.9. The number of aromatic nitrogens is 3. The van der Waals surface area contributed by atoms with Crippen molar-refractivity contribution in [3.05, 3.63) is 83.5 Å². The molecule has 2 amide bonds. The Morgan fingerprint density at radius 2 is 1.64 bits per heavy atom. The fraction of sp³-hybridized carbons (Fsp3) is 0.296. The number of pyridine rings is 1. The number of nitrogens with one attached hydrogen (secondary N) is 2. The summed E-state index contributed by atoms with van der Waals surface area (Å²) in [7, 11) is -1.92. The summed E-state index contributed by atoms with van der Waals surface area (Å²) in [5.74, 6) is -1.10. The molecule has 0 spiro atoms. The molecular weight excluding hydrogens is 512 g/mol. The molecule has 0 saturated heterocycles. The van der Waals surface area contributed by atoms with Gasteiger partial charge in [0, 0.05) is 24.3 Å². The number of amides is 2. The van der Waals surface area contributed by atoms with Crippen LogP contribution in [-0.2, 0) is 4.43 Å². The molecule has 0 aliphatic rings. The first-order chi connectivity index (χ1) is 18.4. The normalized spacial score (nSPS) is 11.2. The average Bonchev–Trinajstić information content (AvgIpc) is 2.91. The first-order valence-electron chi connectivity index (χ1n) is 12.1. The minimum absolute atomic E-state index is 0.0833. The van der Waals surface area contributed by atoms with E-state index in [1.807, 2.05) is 6.07 Å². The lowest BCUT2D eigenvalue weighted by Crippen LogP contribution is -2.42. The first-order valence-corrected chi connectivity index (χ1v) is 15.0. The van der Waals surface area contributed by atoms with Crippen LogP contribution in [-0.4, -0.2) is 48.2 Å². The SMILES string of the molecule is [C-]#[N+]N(CCO[Si](C)(C)C(C)(C)C)c1ccc(NC(=O)c2nccnc2C(=O)Nc2ccc(C#N)cn2)cc1. The Morgan fingerprint density at radius 1 is 1.03 bits per heavy atom. The van der Waals surface area contributed by atoms with E-state index in [0.29, 0.717) is 30.1 Å². The molecule has 2 heterocycles. The number of carbonyl (C=O) groups is 2. The van der Waals surface area contributed by atoms with Crippen LogP contribution < -0.4 is 15.6 Å². The van der Waals surface area contributed by atoms with E-state index >= 15 is 0 Å². The van der Waals surface area contributed by atoms with Gasteiger partial charge in [-0.1, -0.05) is 25.8 Å². The highest BCUT2D eigenvalue weighted by atomic mass is 28.4. The standard InChI is InChI=1S/C27H30N8O3Si/c1-27(2,3)39(5,6)38-16-15-35(29-4)21-10-8-20(9-11-21)33-25(36)23-24(31-14-13-30-23)26(37)34-22-12-7-19(17-28)18-32-22/h7-14,18H,15-16H2,1-3,5-6H3,(H,33,36)(H,32,34,37). The second-order valence-electron chi connectivity index (χ2n) is 10.1. The molecule has 12 heteroatoms. The number of nitriles is 1. The largest absolute Gasteiger partial charge is 0.415 e. The lowest BCUT2D eigenvalue weighted by molar-refractivity contribution is 0.0982. The highest BCUT2D eigenvalue weighted by molar-refractivity contribution is 6.74. The molecule has 0 fully saturated rings. The molecule has 3 aromatic rings. The highest BCUT2D eigenvalue weighted by Gasteiger charge is 2.37. The molecular formula is C27H30N8O3Si. The summed E-state index contributed by atoms with van der Waals surface area (Å²) >= 11 is 0. The molecule has 0 atom stereocenters. The summed E-state index contributed by atoms with van der Waals surface area (Å²) in [6.45, 7) is 19.3. The van der Waals surface area contributed by atoms with E-state index in [-0.39, 0.29) is 22.2 Å². The van der Waals surface area contributed by atoms with Crippen LogP contribution in [0.25, 0.3) is 4.95 Å². The Kier molecular flexibility index (Phi) is 9.09. The van der Waals surface area contributed by atoms with Crippen LogP contribution in [0.4, 0.5) is 17.2 Å². The van der Waals surface area contributed by atoms with E-state index in [4.69, 9.17) is 16.3 Å². The van der Waals surface area contributed by atoms with Gasteiger partial charge in [-0.2, -0.15) is 16.8 Å². The molecule has 0 saturated carbocycles. The van der Waals surface area contributed by atoms with Crippen molar-refractivity contribution in [2.45, 2.75) is 38.9 Å². The van der Waals surface area contributed by atoms with E-state index in [2.05, 4.69) is 64.4 Å². The van der Waals surface area contributed by atoms with Crippen molar-refractivity contribution in [1.82, 2.24) is 15.0 Å². The Labute approximate surface area is 228 Å². The number of rotatable bonds is 9. The summed E-state index contributed by atoms with van der Waals surface area (Å²) in [6.07, 6.45) is 3.94. The third-order valence-electron chi connectivity index (χ3n) is 6.38. The van der Waals surface area contributed by atoms with Crippen molar-refractivity contribution >= 4 is 37.3 Å². The predicted molar refractivity (Wildman–Crippen MR) is 150 cm³/mol. The van der Waals surface area contributed by atoms with E-state index in [0.717, 1.165) is 0 Å². The Hall–Kier alpha value is -4.65. The van der Waals surface area contributed by atoms with E-state index in [1.165, 1.54) is 35.7 Å². The number of carbonyl (C=O) groups excluding carboxylic acids is 2. The smallest absolute Gasteiger partial charge is 0.277 e. The number of hydrogen-bond acceptors (Lipinski definition) is 8. The van der Waals surface area contributed by atoms with Crippen molar-refractivity contribution in [1.29, 1.82) is 5.26 Å². The van der Waals surface area contributed by atoms with Crippen LogP contribution in [0.2, 0.25) is 18.1 Å². The number of benzene rings is 1. The zero-order valence-corrected chi connectivity index (χ0v) is 23.5. The monoisotopic (exact) mass is 542 g/mol. The van der Waals surface area contributed by atoms with E-state index in [9.17, 15) is 9.59 Å². The maximum Gasteiger partial charge on any atom is 0.277 e. The molecule has 39 heavy (non-hydrogen) atoms. The van der Waals surface area contributed by atoms with Crippen LogP contribution in [0.3, 0.4) is 0 Å². The molecule has 3 rings (SSSR count). The molecule has 2 aromatic heterocycles. The van der Waals surface area contributed by atoms with Gasteiger partial charge in [0.25, 0.3) is 11.8 Å². The average molecular weight is 543 g/mol. The van der Waals surface area contributed by atoms with Gasteiger partial charge < -0.3 is 15.1 Å². The minimum Gasteiger partial charge on any atom is -0.415 e. The molecule has 2 N–H and O–H groups in total. The fourth-order valence-corrected chi connectivity index (χ4v) is 4.16. The third kappa shape index (κ3) is 7.44. The molecule has 0 aliphatic carbocycles. The molecule has 200 valence electrons. The predicted octanol–water partition coefficient (Wildman–Crippen LogP) is 4.91. The van der Waals surface area contributed by atoms with Crippen molar-refractivity contribution in [3.8, 4) is 6.07 Å². The molecule has 1 aromatic carbocycles. The molecule has 0 bridgehead atoms. The van der Waals surface area contributed by atoms with Gasteiger partial charge in [-0.3, -0.25) is 9.59 Å². The summed E-state index contributed by atoms with van der Waals surface area (Å²) in [5, 5.41) is 15.7. The Bertz CT molecular complexity index is 1410. The maximum absolute atomic E-state index is 12.9. The van der Waals surface area contributed by atoms with Crippen molar-refractivity contribution in [3.63, 3.8) is 0 Å². The number of hydrogen-bond donors (Lipinski definition) is 2. The van der Waals surface area contributed by atoms with Gasteiger partial charge in [-0.05, 0) is 54.5 Å². The van der Waals surface area contributed by atoms with Crippen LogP contribution in [0.15, 0.2) is 55.0 Å². The zero-order valence-electron chi connectivity index (χ0n) is 22.5. The van der Waals surface area contributed by atoms with Gasteiger partial charge >= 0.3 is 0 Å². The third-order valence-corrected chi connectivity index (χ3v) is 10.9. The van der Waals surface area contributed by atoms with Gasteiger partial charge in [-0.15, -0.1) is 0 Å². The van der Waals surface area contributed by atoms with Gasteiger partial charge in [0.15, 0.2) is 19.7 Å². The van der Waals surface area contributed by atoms with Gasteiger partial charge in [0.1, 0.15) is 24.1 Å². The Balaban J connectivity index is 1.65. The van der Waals surface area contributed by atoms with E-state index in [1.54, 1.807) is 24.3 Å². The summed E-state index contributed by atoms with van der Waals surface area (Å²) in [4.78, 5) is 41.4. The van der Waals surface area contributed by atoms with Crippen molar-refractivity contribution in [2.75, 3.05) is 28.8 Å². The van der Waals surface area contributed by atoms with Crippen molar-refractivity contribution < 1.29 is 14.0 Å². The number of nitrogens with zero attached hydrogens (tertiary/aromatic N) is 6. The molecule has 0 aliphatic heterocycles. The zero-order chi connectivity index (χ0) is 28.6.